The standard InChI is InChI=1S/C22H25F2N5O2/c1-14-5-4-6-19(29(14)31)21(30)25-18-11-15-13-28(16-7-9-22(23,24)10-8-16)26-17(15)12-20(18)27(2)3/h4-6,11-13,16H,7-10H2,1-3H3,(H,25,30). The Labute approximate surface area is 178 Å². The lowest BCUT2D eigenvalue weighted by Gasteiger charge is -2.28. The lowest BCUT2D eigenvalue weighted by molar-refractivity contribution is -0.614. The lowest BCUT2D eigenvalue weighted by Crippen LogP contribution is -2.39. The normalized spacial score (nSPS) is 16.4. The number of pyridine rings is 1. The summed E-state index contributed by atoms with van der Waals surface area (Å²) >= 11 is 0. The number of amides is 1. The van der Waals surface area contributed by atoms with Gasteiger partial charge in [-0.15, -0.1) is 0 Å². The molecule has 1 fully saturated rings. The highest BCUT2D eigenvalue weighted by Gasteiger charge is 2.35. The van der Waals surface area contributed by atoms with Crippen LogP contribution in [0.5, 0.6) is 0 Å². The molecule has 7 nitrogen and oxygen atoms in total. The van der Waals surface area contributed by atoms with Crippen molar-refractivity contribution in [1.29, 1.82) is 0 Å². The zero-order chi connectivity index (χ0) is 22.3. The van der Waals surface area contributed by atoms with Gasteiger partial charge >= 0.3 is 5.91 Å². The molecule has 0 saturated heterocycles. The number of carbonyl (C=O) groups excluding carboxylic acids is 1. The first-order chi connectivity index (χ1) is 14.6. The van der Waals surface area contributed by atoms with Crippen molar-refractivity contribution in [3.8, 4) is 0 Å². The number of hydrogen-bond acceptors (Lipinski definition) is 4. The number of aryl methyl sites for hydroxylation is 1. The van der Waals surface area contributed by atoms with Crippen molar-refractivity contribution in [2.24, 2.45) is 0 Å². The highest BCUT2D eigenvalue weighted by molar-refractivity contribution is 6.05. The SMILES string of the molecule is Cc1cccc(C(=O)Nc2cc3cn(C4CCC(F)(F)CC4)nc3cc2N(C)C)[n+]1[O-]. The predicted octanol–water partition coefficient (Wildman–Crippen LogP) is 4.05. The van der Waals surface area contributed by atoms with Crippen molar-refractivity contribution in [3.63, 3.8) is 0 Å². The van der Waals surface area contributed by atoms with Crippen LogP contribution in [0.25, 0.3) is 10.9 Å². The molecule has 1 aliphatic carbocycles. The fourth-order valence-electron chi connectivity index (χ4n) is 3.98. The van der Waals surface area contributed by atoms with Crippen molar-refractivity contribution in [2.75, 3.05) is 24.3 Å². The molecular weight excluding hydrogens is 404 g/mol. The second-order valence-electron chi connectivity index (χ2n) is 8.32. The molecule has 1 saturated carbocycles. The number of anilines is 2. The monoisotopic (exact) mass is 429 g/mol. The van der Waals surface area contributed by atoms with E-state index in [2.05, 4.69) is 10.4 Å². The van der Waals surface area contributed by atoms with Crippen molar-refractivity contribution in [3.05, 3.63) is 53.1 Å². The Morgan fingerprint density at radius 1 is 1.29 bits per heavy atom. The molecule has 1 amide bonds. The number of halogens is 2. The summed E-state index contributed by atoms with van der Waals surface area (Å²) in [6.45, 7) is 1.64. The van der Waals surface area contributed by atoms with Gasteiger partial charge in [0.1, 0.15) is 0 Å². The Morgan fingerprint density at radius 2 is 2.00 bits per heavy atom. The van der Waals surface area contributed by atoms with Gasteiger partial charge in [0.15, 0.2) is 5.69 Å². The summed E-state index contributed by atoms with van der Waals surface area (Å²) in [5.74, 6) is -3.10. The van der Waals surface area contributed by atoms with E-state index >= 15 is 0 Å². The van der Waals surface area contributed by atoms with Gasteiger partial charge in [-0.2, -0.15) is 9.83 Å². The number of alkyl halides is 2. The minimum atomic E-state index is -2.59. The zero-order valence-corrected chi connectivity index (χ0v) is 17.7. The van der Waals surface area contributed by atoms with E-state index in [0.29, 0.717) is 34.5 Å². The molecule has 1 aromatic carbocycles. The molecule has 0 aliphatic heterocycles. The third kappa shape index (κ3) is 4.17. The number of nitrogens with one attached hydrogen (secondary N) is 1. The van der Waals surface area contributed by atoms with Crippen LogP contribution in [0, 0.1) is 12.1 Å². The number of fused-ring (bicyclic) bond motifs is 1. The van der Waals surface area contributed by atoms with Gasteiger partial charge in [-0.05, 0) is 31.0 Å². The summed E-state index contributed by atoms with van der Waals surface area (Å²) in [6, 6.07) is 8.34. The van der Waals surface area contributed by atoms with Gasteiger partial charge in [-0.3, -0.25) is 9.48 Å². The average Bonchev–Trinajstić information content (AvgIpc) is 3.12. The van der Waals surface area contributed by atoms with Crippen molar-refractivity contribution in [2.45, 2.75) is 44.6 Å². The summed E-state index contributed by atoms with van der Waals surface area (Å²) in [5.41, 5.74) is 2.41. The number of aromatic nitrogens is 3. The summed E-state index contributed by atoms with van der Waals surface area (Å²) in [6.07, 6.45) is 2.32. The smallest absolute Gasteiger partial charge is 0.321 e. The van der Waals surface area contributed by atoms with E-state index in [0.717, 1.165) is 11.1 Å². The van der Waals surface area contributed by atoms with Crippen LogP contribution in [0.3, 0.4) is 0 Å². The summed E-state index contributed by atoms with van der Waals surface area (Å²) in [5, 5.41) is 20.5. The Kier molecular flexibility index (Phi) is 5.28. The molecule has 9 heteroatoms. The molecular formula is C22H25F2N5O2. The van der Waals surface area contributed by atoms with E-state index < -0.39 is 11.8 Å². The fourth-order valence-corrected chi connectivity index (χ4v) is 3.98. The van der Waals surface area contributed by atoms with Crippen LogP contribution in [0.15, 0.2) is 36.5 Å². The van der Waals surface area contributed by atoms with Crippen LogP contribution in [0.1, 0.15) is 47.9 Å². The zero-order valence-electron chi connectivity index (χ0n) is 17.7. The van der Waals surface area contributed by atoms with Crippen LogP contribution in [0.4, 0.5) is 20.2 Å². The fraction of sp³-hybridized carbons (Fsp3) is 0.409. The molecule has 4 rings (SSSR count). The molecule has 31 heavy (non-hydrogen) atoms. The summed E-state index contributed by atoms with van der Waals surface area (Å²) < 4.78 is 29.4. The van der Waals surface area contributed by atoms with Crippen LogP contribution in [0.2, 0.25) is 0 Å². The molecule has 0 spiro atoms. The minimum absolute atomic E-state index is 0.00336. The molecule has 1 N–H and O–H groups in total. The van der Waals surface area contributed by atoms with Gasteiger partial charge in [0.2, 0.25) is 5.92 Å². The second-order valence-corrected chi connectivity index (χ2v) is 8.32. The number of nitrogens with zero attached hydrogens (tertiary/aromatic N) is 4. The van der Waals surface area contributed by atoms with E-state index in [1.165, 1.54) is 6.07 Å². The third-order valence-electron chi connectivity index (χ3n) is 5.79. The molecule has 0 atom stereocenters. The van der Waals surface area contributed by atoms with Gasteiger partial charge < -0.3 is 15.4 Å². The van der Waals surface area contributed by atoms with E-state index in [-0.39, 0.29) is 24.6 Å². The summed E-state index contributed by atoms with van der Waals surface area (Å²) in [4.78, 5) is 14.6. The maximum absolute atomic E-state index is 13.5. The minimum Gasteiger partial charge on any atom is -0.618 e. The first kappa shape index (κ1) is 21.0. The molecule has 0 unspecified atom stereocenters. The first-order valence-electron chi connectivity index (χ1n) is 10.2. The van der Waals surface area contributed by atoms with Gasteiger partial charge in [-0.25, -0.2) is 8.78 Å². The quantitative estimate of drug-likeness (QED) is 0.502. The second kappa shape index (κ2) is 7.79. The van der Waals surface area contributed by atoms with Gasteiger partial charge in [0.25, 0.3) is 5.69 Å². The Hall–Kier alpha value is -3.23. The molecule has 2 heterocycles. The number of carbonyl (C=O) groups is 1. The molecule has 3 aromatic rings. The maximum atomic E-state index is 13.5. The molecule has 164 valence electrons. The largest absolute Gasteiger partial charge is 0.618 e. The maximum Gasteiger partial charge on any atom is 0.321 e. The first-order valence-corrected chi connectivity index (χ1v) is 10.2. The highest BCUT2D eigenvalue weighted by Crippen LogP contribution is 2.39. The van der Waals surface area contributed by atoms with E-state index in [1.807, 2.05) is 31.3 Å². The van der Waals surface area contributed by atoms with E-state index in [9.17, 15) is 18.8 Å². The predicted molar refractivity (Wildman–Crippen MR) is 115 cm³/mol. The highest BCUT2D eigenvalue weighted by atomic mass is 19.3. The van der Waals surface area contributed by atoms with Crippen molar-refractivity contribution >= 4 is 28.2 Å². The van der Waals surface area contributed by atoms with Gasteiger partial charge in [0, 0.05) is 57.6 Å². The van der Waals surface area contributed by atoms with Crippen molar-refractivity contribution < 1.29 is 18.3 Å². The average molecular weight is 429 g/mol. The van der Waals surface area contributed by atoms with Crippen LogP contribution in [-0.2, 0) is 0 Å². The third-order valence-corrected chi connectivity index (χ3v) is 5.79. The molecule has 1 aliphatic rings. The molecule has 2 aromatic heterocycles. The van der Waals surface area contributed by atoms with Crippen LogP contribution >= 0.6 is 0 Å². The van der Waals surface area contributed by atoms with E-state index in [1.54, 1.807) is 29.8 Å². The Bertz CT molecular complexity index is 1130. The van der Waals surface area contributed by atoms with Crippen LogP contribution in [-0.4, -0.2) is 35.7 Å². The Morgan fingerprint density at radius 3 is 2.68 bits per heavy atom. The topological polar surface area (TPSA) is 77.1 Å². The number of rotatable bonds is 4. The number of hydrogen-bond donors (Lipinski definition) is 1. The van der Waals surface area contributed by atoms with E-state index in [4.69, 9.17) is 0 Å². The van der Waals surface area contributed by atoms with Crippen molar-refractivity contribution in [1.82, 2.24) is 9.78 Å². The lowest BCUT2D eigenvalue weighted by atomic mass is 9.92. The molecule has 0 radical (unpaired) electrons. The summed E-state index contributed by atoms with van der Waals surface area (Å²) in [7, 11) is 3.69. The Balaban J connectivity index is 1.66. The molecule has 0 bridgehead atoms. The van der Waals surface area contributed by atoms with Gasteiger partial charge in [0.05, 0.1) is 22.9 Å². The number of benzene rings is 1. The van der Waals surface area contributed by atoms with Crippen LogP contribution < -0.4 is 14.9 Å². The van der Waals surface area contributed by atoms with Gasteiger partial charge in [-0.1, -0.05) is 0 Å².